The van der Waals surface area contributed by atoms with E-state index in [4.69, 9.17) is 4.74 Å². The second-order valence-electron chi connectivity index (χ2n) is 4.51. The molecule has 1 aliphatic heterocycles. The van der Waals surface area contributed by atoms with Crippen LogP contribution in [0.4, 0.5) is 13.2 Å². The van der Waals surface area contributed by atoms with Crippen molar-refractivity contribution in [3.63, 3.8) is 0 Å². The molecule has 2 aliphatic rings. The van der Waals surface area contributed by atoms with Crippen LogP contribution in [0.25, 0.3) is 0 Å². The van der Waals surface area contributed by atoms with Crippen LogP contribution in [-0.4, -0.2) is 18.6 Å². The SMILES string of the molecule is O=C1CO[C@@H]2Cc3cc(C(F)(F)F)ccc3[C@@H]2N1. The highest BCUT2D eigenvalue weighted by Crippen LogP contribution is 2.38. The number of hydrogen-bond donors (Lipinski definition) is 1. The fourth-order valence-corrected chi connectivity index (χ4v) is 2.52. The molecule has 1 saturated heterocycles. The molecule has 1 heterocycles. The van der Waals surface area contributed by atoms with Crippen LogP contribution in [0.1, 0.15) is 22.7 Å². The fourth-order valence-electron chi connectivity index (χ4n) is 2.52. The number of rotatable bonds is 0. The maximum Gasteiger partial charge on any atom is 0.416 e. The van der Waals surface area contributed by atoms with Gasteiger partial charge in [0.15, 0.2) is 0 Å². The first-order valence-electron chi connectivity index (χ1n) is 5.56. The number of fused-ring (bicyclic) bond motifs is 3. The lowest BCUT2D eigenvalue weighted by Crippen LogP contribution is -2.43. The zero-order valence-electron chi connectivity index (χ0n) is 9.25. The number of carbonyl (C=O) groups excluding carboxylic acids is 1. The first kappa shape index (κ1) is 11.5. The molecule has 3 nitrogen and oxygen atoms in total. The highest BCUT2D eigenvalue weighted by Gasteiger charge is 2.39. The van der Waals surface area contributed by atoms with E-state index in [1.165, 1.54) is 6.07 Å². The largest absolute Gasteiger partial charge is 0.416 e. The molecule has 0 radical (unpaired) electrons. The lowest BCUT2D eigenvalue weighted by molar-refractivity contribution is -0.137. The van der Waals surface area contributed by atoms with E-state index in [1.807, 2.05) is 0 Å². The van der Waals surface area contributed by atoms with Crippen molar-refractivity contribution in [3.05, 3.63) is 34.9 Å². The quantitative estimate of drug-likeness (QED) is 0.770. The fraction of sp³-hybridized carbons (Fsp3) is 0.417. The number of amides is 1. The highest BCUT2D eigenvalue weighted by atomic mass is 19.4. The van der Waals surface area contributed by atoms with Gasteiger partial charge in [0.2, 0.25) is 5.91 Å². The number of halogens is 3. The smallest absolute Gasteiger partial charge is 0.366 e. The third-order valence-electron chi connectivity index (χ3n) is 3.34. The van der Waals surface area contributed by atoms with E-state index in [2.05, 4.69) is 5.32 Å². The number of nitrogens with one attached hydrogen (secondary N) is 1. The Labute approximate surface area is 101 Å². The number of hydrogen-bond acceptors (Lipinski definition) is 2. The zero-order chi connectivity index (χ0) is 12.9. The molecule has 96 valence electrons. The number of ether oxygens (including phenoxy) is 1. The van der Waals surface area contributed by atoms with Crippen LogP contribution in [0, 0.1) is 0 Å². The molecule has 0 spiro atoms. The Hall–Kier alpha value is -1.56. The van der Waals surface area contributed by atoms with E-state index >= 15 is 0 Å². The minimum absolute atomic E-state index is 0.0265. The first-order valence-corrected chi connectivity index (χ1v) is 5.56. The van der Waals surface area contributed by atoms with E-state index in [-0.39, 0.29) is 24.7 Å². The summed E-state index contributed by atoms with van der Waals surface area (Å²) in [5.74, 6) is -0.232. The summed E-state index contributed by atoms with van der Waals surface area (Å²) in [7, 11) is 0. The van der Waals surface area contributed by atoms with E-state index < -0.39 is 11.7 Å². The zero-order valence-corrected chi connectivity index (χ0v) is 9.25. The van der Waals surface area contributed by atoms with Gasteiger partial charge in [0.05, 0.1) is 17.7 Å². The van der Waals surface area contributed by atoms with Gasteiger partial charge in [-0.25, -0.2) is 0 Å². The van der Waals surface area contributed by atoms with Crippen molar-refractivity contribution < 1.29 is 22.7 Å². The Morgan fingerprint density at radius 3 is 2.83 bits per heavy atom. The average molecular weight is 257 g/mol. The molecular weight excluding hydrogens is 247 g/mol. The van der Waals surface area contributed by atoms with Gasteiger partial charge >= 0.3 is 6.18 Å². The Bertz CT molecular complexity index is 513. The Morgan fingerprint density at radius 2 is 2.11 bits per heavy atom. The predicted octanol–water partition coefficient (Wildman–Crippen LogP) is 1.82. The summed E-state index contributed by atoms with van der Waals surface area (Å²) >= 11 is 0. The van der Waals surface area contributed by atoms with Gasteiger partial charge in [-0.1, -0.05) is 6.07 Å². The lowest BCUT2D eigenvalue weighted by atomic mass is 10.0. The van der Waals surface area contributed by atoms with Gasteiger partial charge in [0.1, 0.15) is 6.61 Å². The van der Waals surface area contributed by atoms with Gasteiger partial charge in [-0.15, -0.1) is 0 Å². The summed E-state index contributed by atoms with van der Waals surface area (Å²) in [6.45, 7) is -0.0265. The third-order valence-corrected chi connectivity index (χ3v) is 3.34. The number of benzene rings is 1. The standard InChI is InChI=1S/C12H10F3NO2/c13-12(14,15)7-1-2-8-6(3-7)4-9-11(8)16-10(17)5-18-9/h1-3,9,11H,4-5H2,(H,16,17)/t9-,11+/m1/s1. The molecule has 1 fully saturated rings. The van der Waals surface area contributed by atoms with Crippen molar-refractivity contribution in [2.45, 2.75) is 24.7 Å². The molecule has 0 bridgehead atoms. The molecule has 1 aromatic carbocycles. The molecule has 2 atom stereocenters. The summed E-state index contributed by atoms with van der Waals surface area (Å²) in [5.41, 5.74) is 0.661. The van der Waals surface area contributed by atoms with E-state index in [0.29, 0.717) is 12.0 Å². The Balaban J connectivity index is 1.97. The normalized spacial score (nSPS) is 26.5. The number of carbonyl (C=O) groups is 1. The molecule has 3 rings (SSSR count). The van der Waals surface area contributed by atoms with Crippen molar-refractivity contribution in [3.8, 4) is 0 Å². The number of alkyl halides is 3. The molecule has 0 saturated carbocycles. The molecule has 18 heavy (non-hydrogen) atoms. The molecule has 1 amide bonds. The van der Waals surface area contributed by atoms with Gasteiger partial charge in [0, 0.05) is 6.42 Å². The van der Waals surface area contributed by atoms with Crippen LogP contribution in [0.15, 0.2) is 18.2 Å². The second kappa shape index (κ2) is 3.71. The van der Waals surface area contributed by atoms with Crippen molar-refractivity contribution in [2.75, 3.05) is 6.61 Å². The monoisotopic (exact) mass is 257 g/mol. The van der Waals surface area contributed by atoms with Gasteiger partial charge in [0.25, 0.3) is 0 Å². The maximum atomic E-state index is 12.6. The molecule has 0 unspecified atom stereocenters. The van der Waals surface area contributed by atoms with Crippen LogP contribution in [0.5, 0.6) is 0 Å². The first-order chi connectivity index (χ1) is 8.45. The molecule has 1 aliphatic carbocycles. The average Bonchev–Trinajstić information content (AvgIpc) is 2.65. The van der Waals surface area contributed by atoms with Crippen molar-refractivity contribution in [2.24, 2.45) is 0 Å². The topological polar surface area (TPSA) is 38.3 Å². The van der Waals surface area contributed by atoms with Crippen LogP contribution >= 0.6 is 0 Å². The molecular formula is C12H10F3NO2. The summed E-state index contributed by atoms with van der Waals surface area (Å²) < 4.78 is 43.1. The highest BCUT2D eigenvalue weighted by molar-refractivity contribution is 5.79. The molecule has 1 N–H and O–H groups in total. The maximum absolute atomic E-state index is 12.6. The minimum atomic E-state index is -4.34. The Morgan fingerprint density at radius 1 is 1.33 bits per heavy atom. The number of morpholine rings is 1. The Kier molecular flexibility index (Phi) is 2.38. The van der Waals surface area contributed by atoms with Gasteiger partial charge in [-0.3, -0.25) is 4.79 Å². The summed E-state index contributed by atoms with van der Waals surface area (Å²) in [4.78, 5) is 11.2. The molecule has 6 heteroatoms. The summed E-state index contributed by atoms with van der Waals surface area (Å²) in [5, 5.41) is 2.75. The lowest BCUT2D eigenvalue weighted by Gasteiger charge is -2.27. The van der Waals surface area contributed by atoms with E-state index in [1.54, 1.807) is 0 Å². The van der Waals surface area contributed by atoms with Crippen molar-refractivity contribution >= 4 is 5.91 Å². The van der Waals surface area contributed by atoms with E-state index in [0.717, 1.165) is 17.7 Å². The van der Waals surface area contributed by atoms with Crippen LogP contribution < -0.4 is 5.32 Å². The van der Waals surface area contributed by atoms with E-state index in [9.17, 15) is 18.0 Å². The van der Waals surface area contributed by atoms with Crippen molar-refractivity contribution in [1.29, 1.82) is 0 Å². The molecule has 1 aromatic rings. The van der Waals surface area contributed by atoms with Gasteiger partial charge in [-0.2, -0.15) is 13.2 Å². The summed E-state index contributed by atoms with van der Waals surface area (Å²) in [6.07, 6.45) is -4.18. The van der Waals surface area contributed by atoms with Crippen LogP contribution in [0.3, 0.4) is 0 Å². The van der Waals surface area contributed by atoms with Crippen LogP contribution in [0.2, 0.25) is 0 Å². The van der Waals surface area contributed by atoms with Crippen molar-refractivity contribution in [1.82, 2.24) is 5.32 Å². The molecule has 0 aromatic heterocycles. The predicted molar refractivity (Wildman–Crippen MR) is 55.8 cm³/mol. The van der Waals surface area contributed by atoms with Gasteiger partial charge < -0.3 is 10.1 Å². The third kappa shape index (κ3) is 1.77. The van der Waals surface area contributed by atoms with Gasteiger partial charge in [-0.05, 0) is 23.3 Å². The summed E-state index contributed by atoms with van der Waals surface area (Å²) in [6, 6.07) is 3.30. The van der Waals surface area contributed by atoms with Crippen LogP contribution in [-0.2, 0) is 22.1 Å². The minimum Gasteiger partial charge on any atom is -0.366 e. The second-order valence-corrected chi connectivity index (χ2v) is 4.51.